The predicted octanol–water partition coefficient (Wildman–Crippen LogP) is 2.32. The van der Waals surface area contributed by atoms with Crippen LogP contribution in [-0.2, 0) is 4.74 Å². The molecule has 1 aromatic carbocycles. The SMILES string of the molecule is CC(F)C(OC(=O)c1cscn1)Oc1cccc(C#CCN2CCNCC2)c1. The van der Waals surface area contributed by atoms with Gasteiger partial charge in [-0.25, -0.2) is 14.2 Å². The number of hydrogen-bond acceptors (Lipinski definition) is 7. The number of carbonyl (C=O) groups excluding carboxylic acids is 1. The van der Waals surface area contributed by atoms with Crippen LogP contribution in [0.4, 0.5) is 4.39 Å². The number of aromatic nitrogens is 1. The van der Waals surface area contributed by atoms with Gasteiger partial charge in [0.15, 0.2) is 11.9 Å². The number of benzene rings is 1. The van der Waals surface area contributed by atoms with Crippen LogP contribution in [0.25, 0.3) is 0 Å². The largest absolute Gasteiger partial charge is 0.452 e. The molecule has 0 saturated carbocycles. The Morgan fingerprint density at radius 3 is 2.96 bits per heavy atom. The van der Waals surface area contributed by atoms with Crippen molar-refractivity contribution in [2.24, 2.45) is 0 Å². The van der Waals surface area contributed by atoms with Crippen LogP contribution in [-0.4, -0.2) is 61.0 Å². The van der Waals surface area contributed by atoms with Crippen LogP contribution in [0.2, 0.25) is 0 Å². The lowest BCUT2D eigenvalue weighted by Gasteiger charge is -2.24. The van der Waals surface area contributed by atoms with E-state index in [9.17, 15) is 9.18 Å². The minimum absolute atomic E-state index is 0.131. The molecule has 2 atom stereocenters. The first-order valence-corrected chi connectivity index (χ1v) is 9.98. The number of nitrogens with one attached hydrogen (secondary N) is 1. The molecule has 2 aromatic rings. The summed E-state index contributed by atoms with van der Waals surface area (Å²) >= 11 is 1.26. The van der Waals surface area contributed by atoms with E-state index in [1.165, 1.54) is 29.2 Å². The molecule has 8 heteroatoms. The molecule has 0 bridgehead atoms. The Morgan fingerprint density at radius 1 is 1.43 bits per heavy atom. The van der Waals surface area contributed by atoms with Crippen molar-refractivity contribution < 1.29 is 18.7 Å². The summed E-state index contributed by atoms with van der Waals surface area (Å²) in [7, 11) is 0. The fraction of sp³-hybridized carbons (Fsp3) is 0.400. The first-order chi connectivity index (χ1) is 13.6. The van der Waals surface area contributed by atoms with Crippen LogP contribution in [0.5, 0.6) is 5.75 Å². The summed E-state index contributed by atoms with van der Waals surface area (Å²) in [5.74, 6) is 5.91. The van der Waals surface area contributed by atoms with Gasteiger partial charge in [-0.15, -0.1) is 11.3 Å². The molecule has 28 heavy (non-hydrogen) atoms. The lowest BCUT2D eigenvalue weighted by Crippen LogP contribution is -2.43. The summed E-state index contributed by atoms with van der Waals surface area (Å²) in [6, 6.07) is 7.00. The van der Waals surface area contributed by atoms with Crippen LogP contribution in [0.1, 0.15) is 23.0 Å². The summed E-state index contributed by atoms with van der Waals surface area (Å²) in [5.41, 5.74) is 2.39. The zero-order valence-corrected chi connectivity index (χ0v) is 16.4. The van der Waals surface area contributed by atoms with Gasteiger partial charge < -0.3 is 14.8 Å². The lowest BCUT2D eigenvalue weighted by molar-refractivity contribution is -0.0847. The van der Waals surface area contributed by atoms with E-state index in [1.807, 2.05) is 6.07 Å². The Kier molecular flexibility index (Phi) is 7.37. The number of halogens is 1. The molecule has 1 aliphatic rings. The van der Waals surface area contributed by atoms with Crippen molar-refractivity contribution in [2.45, 2.75) is 19.4 Å². The Labute approximate surface area is 167 Å². The molecule has 2 heterocycles. The molecule has 0 radical (unpaired) electrons. The zero-order chi connectivity index (χ0) is 19.8. The Morgan fingerprint density at radius 2 is 2.25 bits per heavy atom. The second-order valence-electron chi connectivity index (χ2n) is 6.30. The Balaban J connectivity index is 1.60. The maximum Gasteiger partial charge on any atom is 0.360 e. The molecule has 1 aromatic heterocycles. The standard InChI is InChI=1S/C20H22FN3O3S/c1-15(21)20(27-19(25)18-13-28-14-23-18)26-17-6-2-4-16(12-17)5-3-9-24-10-7-22-8-11-24/h2,4,6,12-15,20,22H,7-11H2,1H3. The topological polar surface area (TPSA) is 63.7 Å². The van der Waals surface area contributed by atoms with Crippen LogP contribution < -0.4 is 10.1 Å². The van der Waals surface area contributed by atoms with Crippen LogP contribution >= 0.6 is 11.3 Å². The molecule has 6 nitrogen and oxygen atoms in total. The fourth-order valence-electron chi connectivity index (χ4n) is 2.59. The second-order valence-corrected chi connectivity index (χ2v) is 7.02. The molecule has 0 spiro atoms. The van der Waals surface area contributed by atoms with Crippen LogP contribution in [0.3, 0.4) is 0 Å². The quantitative estimate of drug-likeness (QED) is 0.454. The highest BCUT2D eigenvalue weighted by Gasteiger charge is 2.25. The first kappa shape index (κ1) is 20.3. The number of esters is 1. The van der Waals surface area contributed by atoms with Crippen molar-refractivity contribution in [3.05, 3.63) is 46.4 Å². The van der Waals surface area contributed by atoms with E-state index in [4.69, 9.17) is 9.47 Å². The maximum absolute atomic E-state index is 13.9. The summed E-state index contributed by atoms with van der Waals surface area (Å²) in [4.78, 5) is 18.2. The van der Waals surface area contributed by atoms with Crippen LogP contribution in [0.15, 0.2) is 35.2 Å². The number of rotatable bonds is 6. The number of alkyl halides is 1. The summed E-state index contributed by atoms with van der Waals surface area (Å²) < 4.78 is 24.6. The van der Waals surface area contributed by atoms with Crippen LogP contribution in [0, 0.1) is 11.8 Å². The number of ether oxygens (including phenoxy) is 2. The van der Waals surface area contributed by atoms with Gasteiger partial charge in [0.25, 0.3) is 6.29 Å². The number of hydrogen-bond donors (Lipinski definition) is 1. The number of piperazine rings is 1. The maximum atomic E-state index is 13.9. The van der Waals surface area contributed by atoms with E-state index >= 15 is 0 Å². The Bertz CT molecular complexity index is 827. The molecule has 148 valence electrons. The van der Waals surface area contributed by atoms with Gasteiger partial charge in [0.05, 0.1) is 12.1 Å². The molecular formula is C20H22FN3O3S. The fourth-order valence-corrected chi connectivity index (χ4v) is 3.12. The normalized spacial score (nSPS) is 16.5. The van der Waals surface area contributed by atoms with Crippen molar-refractivity contribution in [2.75, 3.05) is 32.7 Å². The summed E-state index contributed by atoms with van der Waals surface area (Å²) in [6.45, 7) is 5.90. The van der Waals surface area contributed by atoms with Gasteiger partial charge in [0, 0.05) is 37.1 Å². The zero-order valence-electron chi connectivity index (χ0n) is 15.6. The van der Waals surface area contributed by atoms with E-state index in [1.54, 1.807) is 18.2 Å². The molecule has 2 unspecified atom stereocenters. The van der Waals surface area contributed by atoms with Gasteiger partial charge in [0.1, 0.15) is 5.75 Å². The predicted molar refractivity (Wildman–Crippen MR) is 105 cm³/mol. The third kappa shape index (κ3) is 6.02. The van der Waals surface area contributed by atoms with E-state index < -0.39 is 18.4 Å². The van der Waals surface area contributed by atoms with Gasteiger partial charge in [-0.2, -0.15) is 0 Å². The van der Waals surface area contributed by atoms with Crippen molar-refractivity contribution in [1.29, 1.82) is 0 Å². The van der Waals surface area contributed by atoms with Crippen molar-refractivity contribution in [1.82, 2.24) is 15.2 Å². The molecule has 0 aliphatic carbocycles. The van der Waals surface area contributed by atoms with Gasteiger partial charge >= 0.3 is 5.97 Å². The molecule has 1 fully saturated rings. The number of nitrogens with zero attached hydrogens (tertiary/aromatic N) is 2. The number of carbonyl (C=O) groups is 1. The van der Waals surface area contributed by atoms with Gasteiger partial charge in [0.2, 0.25) is 0 Å². The van der Waals surface area contributed by atoms with E-state index in [2.05, 4.69) is 27.0 Å². The highest BCUT2D eigenvalue weighted by molar-refractivity contribution is 7.07. The molecular weight excluding hydrogens is 381 g/mol. The van der Waals surface area contributed by atoms with Crippen molar-refractivity contribution in [3.63, 3.8) is 0 Å². The smallest absolute Gasteiger partial charge is 0.360 e. The summed E-state index contributed by atoms with van der Waals surface area (Å²) in [6.07, 6.45) is -2.87. The average Bonchev–Trinajstić information content (AvgIpc) is 3.23. The second kappa shape index (κ2) is 10.2. The van der Waals surface area contributed by atoms with Gasteiger partial charge in [-0.3, -0.25) is 4.90 Å². The molecule has 1 N–H and O–H groups in total. The molecule has 1 saturated heterocycles. The van der Waals surface area contributed by atoms with E-state index in [0.717, 1.165) is 31.7 Å². The highest BCUT2D eigenvalue weighted by atomic mass is 32.1. The van der Waals surface area contributed by atoms with E-state index in [-0.39, 0.29) is 5.69 Å². The lowest BCUT2D eigenvalue weighted by atomic mass is 10.2. The average molecular weight is 403 g/mol. The molecule has 1 aliphatic heterocycles. The molecule has 0 amide bonds. The third-order valence-electron chi connectivity index (χ3n) is 4.07. The van der Waals surface area contributed by atoms with Gasteiger partial charge in [-0.05, 0) is 25.1 Å². The van der Waals surface area contributed by atoms with E-state index in [0.29, 0.717) is 12.3 Å². The third-order valence-corrected chi connectivity index (χ3v) is 4.66. The first-order valence-electron chi connectivity index (χ1n) is 9.04. The van der Waals surface area contributed by atoms with Crippen molar-refractivity contribution >= 4 is 17.3 Å². The number of thiazole rings is 1. The monoisotopic (exact) mass is 403 g/mol. The Hall–Kier alpha value is -2.47. The minimum atomic E-state index is -1.51. The van der Waals surface area contributed by atoms with Crippen molar-refractivity contribution in [3.8, 4) is 17.6 Å². The molecule has 3 rings (SSSR count). The van der Waals surface area contributed by atoms with Gasteiger partial charge in [-0.1, -0.05) is 17.9 Å². The minimum Gasteiger partial charge on any atom is -0.452 e. The summed E-state index contributed by atoms with van der Waals surface area (Å²) in [5, 5.41) is 4.84. The highest BCUT2D eigenvalue weighted by Crippen LogP contribution is 2.18.